The first-order valence-electron chi connectivity index (χ1n) is 7.75. The molecule has 2 rings (SSSR count). The van der Waals surface area contributed by atoms with Gasteiger partial charge in [-0.3, -0.25) is 0 Å². The van der Waals surface area contributed by atoms with Gasteiger partial charge in [0.05, 0.1) is 17.0 Å². The molecule has 0 atom stereocenters. The van der Waals surface area contributed by atoms with E-state index in [0.717, 1.165) is 23.5 Å². The topological polar surface area (TPSA) is 27.6 Å². The second kappa shape index (κ2) is 9.06. The van der Waals surface area contributed by atoms with Crippen LogP contribution in [0.5, 0.6) is 0 Å². The van der Waals surface area contributed by atoms with Crippen LogP contribution in [0.4, 0.5) is 25.8 Å². The van der Waals surface area contributed by atoms with Crippen LogP contribution in [-0.4, -0.2) is 30.6 Å². The molecule has 25 heavy (non-hydrogen) atoms. The number of thioether (sulfide) groups is 1. The highest BCUT2D eigenvalue weighted by Gasteiger charge is 2.08. The van der Waals surface area contributed by atoms with Crippen molar-refractivity contribution in [1.82, 2.24) is 4.90 Å². The molecule has 0 aliphatic rings. The second-order valence-corrected chi connectivity index (χ2v) is 6.94. The standard InChI is InChI=1S/C18H20ClF2N3S/c1-4-24(3)11-22-17-8-12(2)16(10-15(17)19)23-13-6-5-7-14(9-13)25-18(20)21/h5-11,18,23H,4H2,1-3H3. The molecule has 1 N–H and O–H groups in total. The van der Waals surface area contributed by atoms with Gasteiger partial charge in [0.2, 0.25) is 0 Å². The summed E-state index contributed by atoms with van der Waals surface area (Å²) >= 11 is 6.84. The van der Waals surface area contributed by atoms with Crippen LogP contribution in [-0.2, 0) is 0 Å². The zero-order chi connectivity index (χ0) is 18.4. The number of anilines is 2. The quantitative estimate of drug-likeness (QED) is 0.344. The summed E-state index contributed by atoms with van der Waals surface area (Å²) in [5.41, 5.74) is 3.19. The first-order chi connectivity index (χ1) is 11.9. The van der Waals surface area contributed by atoms with Crippen molar-refractivity contribution in [2.24, 2.45) is 4.99 Å². The van der Waals surface area contributed by atoms with Crippen molar-refractivity contribution in [2.45, 2.75) is 24.5 Å². The molecule has 0 spiro atoms. The highest BCUT2D eigenvalue weighted by molar-refractivity contribution is 7.99. The average Bonchev–Trinajstić information content (AvgIpc) is 2.56. The number of hydrogen-bond acceptors (Lipinski definition) is 3. The van der Waals surface area contributed by atoms with Gasteiger partial charge in [0.15, 0.2) is 0 Å². The summed E-state index contributed by atoms with van der Waals surface area (Å²) in [4.78, 5) is 6.84. The second-order valence-electron chi connectivity index (χ2n) is 5.47. The molecule has 7 heteroatoms. The molecule has 0 radical (unpaired) electrons. The highest BCUT2D eigenvalue weighted by atomic mass is 35.5. The third kappa shape index (κ3) is 5.90. The fourth-order valence-corrected chi connectivity index (χ4v) is 2.82. The summed E-state index contributed by atoms with van der Waals surface area (Å²) in [6.07, 6.45) is 1.73. The van der Waals surface area contributed by atoms with E-state index in [9.17, 15) is 8.78 Å². The number of aryl methyl sites for hydroxylation is 1. The first kappa shape index (κ1) is 19.5. The molecule has 0 aliphatic carbocycles. The third-order valence-corrected chi connectivity index (χ3v) is 4.53. The molecule has 0 unspecified atom stereocenters. The Morgan fingerprint density at radius 3 is 2.76 bits per heavy atom. The van der Waals surface area contributed by atoms with Crippen LogP contribution >= 0.6 is 23.4 Å². The van der Waals surface area contributed by atoms with Gasteiger partial charge in [-0.2, -0.15) is 8.78 Å². The number of aliphatic imine (C=N–C) groups is 1. The van der Waals surface area contributed by atoms with Gasteiger partial charge in [0.1, 0.15) is 0 Å². The molecule has 0 saturated heterocycles. The number of halogens is 3. The summed E-state index contributed by atoms with van der Waals surface area (Å²) in [5.74, 6) is -2.44. The van der Waals surface area contributed by atoms with Crippen LogP contribution in [0.15, 0.2) is 46.3 Å². The Hall–Kier alpha value is -1.79. The van der Waals surface area contributed by atoms with Crippen LogP contribution in [0.3, 0.4) is 0 Å². The average molecular weight is 384 g/mol. The van der Waals surface area contributed by atoms with Crippen molar-refractivity contribution in [1.29, 1.82) is 0 Å². The molecular weight excluding hydrogens is 364 g/mol. The van der Waals surface area contributed by atoms with E-state index in [2.05, 4.69) is 10.3 Å². The lowest BCUT2D eigenvalue weighted by molar-refractivity contribution is 0.252. The van der Waals surface area contributed by atoms with E-state index < -0.39 is 5.76 Å². The first-order valence-corrected chi connectivity index (χ1v) is 9.01. The van der Waals surface area contributed by atoms with Crippen LogP contribution in [0.2, 0.25) is 5.02 Å². The summed E-state index contributed by atoms with van der Waals surface area (Å²) in [7, 11) is 1.94. The molecule has 0 amide bonds. The maximum Gasteiger partial charge on any atom is 0.288 e. The van der Waals surface area contributed by atoms with Gasteiger partial charge in [-0.1, -0.05) is 29.4 Å². The van der Waals surface area contributed by atoms with Crippen LogP contribution in [0, 0.1) is 6.92 Å². The third-order valence-electron chi connectivity index (χ3n) is 3.52. The number of alkyl halides is 2. The minimum atomic E-state index is -2.44. The molecule has 0 bridgehead atoms. The van der Waals surface area contributed by atoms with E-state index in [1.54, 1.807) is 30.6 Å². The Morgan fingerprint density at radius 1 is 1.32 bits per heavy atom. The van der Waals surface area contributed by atoms with Crippen molar-refractivity contribution in [3.63, 3.8) is 0 Å². The zero-order valence-electron chi connectivity index (χ0n) is 14.3. The van der Waals surface area contributed by atoms with Crippen LogP contribution < -0.4 is 5.32 Å². The number of nitrogens with zero attached hydrogens (tertiary/aromatic N) is 2. The van der Waals surface area contributed by atoms with Gasteiger partial charge in [-0.05, 0) is 49.7 Å². The lowest BCUT2D eigenvalue weighted by Crippen LogP contribution is -2.14. The van der Waals surface area contributed by atoms with E-state index in [0.29, 0.717) is 27.4 Å². The molecule has 0 fully saturated rings. The highest BCUT2D eigenvalue weighted by Crippen LogP contribution is 2.34. The van der Waals surface area contributed by atoms with Gasteiger partial charge < -0.3 is 10.2 Å². The number of nitrogens with one attached hydrogen (secondary N) is 1. The van der Waals surface area contributed by atoms with Crippen molar-refractivity contribution in [3.05, 3.63) is 47.0 Å². The summed E-state index contributed by atoms with van der Waals surface area (Å²) in [6, 6.07) is 10.6. The molecular formula is C18H20ClF2N3S. The fraction of sp³-hybridized carbons (Fsp3) is 0.278. The van der Waals surface area contributed by atoms with E-state index in [1.807, 2.05) is 37.9 Å². The van der Waals surface area contributed by atoms with E-state index in [1.165, 1.54) is 0 Å². The Labute approximate surface area is 156 Å². The number of benzene rings is 2. The molecule has 2 aromatic carbocycles. The van der Waals surface area contributed by atoms with Crippen molar-refractivity contribution in [3.8, 4) is 0 Å². The van der Waals surface area contributed by atoms with Gasteiger partial charge in [-0.25, -0.2) is 4.99 Å². The smallest absolute Gasteiger partial charge is 0.288 e. The molecule has 0 saturated carbocycles. The van der Waals surface area contributed by atoms with Gasteiger partial charge in [0.25, 0.3) is 5.76 Å². The normalized spacial score (nSPS) is 11.3. The van der Waals surface area contributed by atoms with Crippen molar-refractivity contribution < 1.29 is 8.78 Å². The molecule has 3 nitrogen and oxygen atoms in total. The number of rotatable bonds is 7. The largest absolute Gasteiger partial charge is 0.366 e. The minimum absolute atomic E-state index is 0.507. The minimum Gasteiger partial charge on any atom is -0.366 e. The predicted molar refractivity (Wildman–Crippen MR) is 104 cm³/mol. The SMILES string of the molecule is CCN(C)C=Nc1cc(C)c(Nc2cccc(SC(F)F)c2)cc1Cl. The summed E-state index contributed by atoms with van der Waals surface area (Å²) in [6.45, 7) is 4.83. The molecule has 0 heterocycles. The lowest BCUT2D eigenvalue weighted by Gasteiger charge is -2.13. The zero-order valence-corrected chi connectivity index (χ0v) is 15.8. The molecule has 134 valence electrons. The van der Waals surface area contributed by atoms with Gasteiger partial charge >= 0.3 is 0 Å². The van der Waals surface area contributed by atoms with Gasteiger partial charge in [0, 0.05) is 29.9 Å². The van der Waals surface area contributed by atoms with Crippen LogP contribution in [0.1, 0.15) is 12.5 Å². The van der Waals surface area contributed by atoms with Crippen LogP contribution in [0.25, 0.3) is 0 Å². The van der Waals surface area contributed by atoms with E-state index in [4.69, 9.17) is 11.6 Å². The maximum atomic E-state index is 12.5. The Morgan fingerprint density at radius 2 is 2.08 bits per heavy atom. The Kier molecular flexibility index (Phi) is 7.08. The summed E-state index contributed by atoms with van der Waals surface area (Å²) in [5, 5.41) is 3.75. The Balaban J connectivity index is 2.21. The molecule has 0 aromatic heterocycles. The fourth-order valence-electron chi connectivity index (χ4n) is 2.05. The van der Waals surface area contributed by atoms with Crippen molar-refractivity contribution >= 4 is 46.8 Å². The Bertz CT molecular complexity index is 753. The predicted octanol–water partition coefficient (Wildman–Crippen LogP) is 6.32. The van der Waals surface area contributed by atoms with Crippen molar-refractivity contribution in [2.75, 3.05) is 18.9 Å². The monoisotopic (exact) mass is 383 g/mol. The van der Waals surface area contributed by atoms with E-state index in [-0.39, 0.29) is 0 Å². The van der Waals surface area contributed by atoms with E-state index >= 15 is 0 Å². The molecule has 2 aromatic rings. The lowest BCUT2D eigenvalue weighted by atomic mass is 10.1. The number of hydrogen-bond donors (Lipinski definition) is 1. The summed E-state index contributed by atoms with van der Waals surface area (Å²) < 4.78 is 25.0. The van der Waals surface area contributed by atoms with Gasteiger partial charge in [-0.15, -0.1) is 0 Å². The molecule has 0 aliphatic heterocycles. The maximum absolute atomic E-state index is 12.5.